The molecule has 0 unspecified atom stereocenters. The molecule has 5 heteroatoms. The van der Waals surface area contributed by atoms with Crippen LogP contribution in [-0.4, -0.2) is 15.9 Å². The number of aromatic nitrogens is 2. The summed E-state index contributed by atoms with van der Waals surface area (Å²) in [6.07, 6.45) is 3.18. The van der Waals surface area contributed by atoms with Crippen LogP contribution in [0.3, 0.4) is 0 Å². The Bertz CT molecular complexity index is 1290. The molecular formula is C25H23N3O2. The van der Waals surface area contributed by atoms with Crippen molar-refractivity contribution in [2.45, 2.75) is 27.3 Å². The lowest BCUT2D eigenvalue weighted by atomic mass is 10.1. The number of carbonyl (C=O) groups is 1. The predicted molar refractivity (Wildman–Crippen MR) is 120 cm³/mol. The lowest BCUT2D eigenvalue weighted by Crippen LogP contribution is -2.33. The van der Waals surface area contributed by atoms with E-state index < -0.39 is 0 Å². The highest BCUT2D eigenvalue weighted by atomic mass is 16.2. The molecule has 0 aliphatic rings. The summed E-state index contributed by atoms with van der Waals surface area (Å²) < 4.78 is 0. The number of hydrogen-bond donors (Lipinski definition) is 1. The zero-order valence-corrected chi connectivity index (χ0v) is 17.3. The Morgan fingerprint density at radius 1 is 1.00 bits per heavy atom. The largest absolute Gasteiger partial charge is 0.322 e. The molecule has 0 fully saturated rings. The van der Waals surface area contributed by atoms with Crippen molar-refractivity contribution in [1.29, 1.82) is 0 Å². The van der Waals surface area contributed by atoms with E-state index in [1.165, 1.54) is 0 Å². The van der Waals surface area contributed by atoms with Crippen LogP contribution in [0, 0.1) is 20.8 Å². The lowest BCUT2D eigenvalue weighted by Gasteiger charge is -2.25. The number of fused-ring (bicyclic) bond motifs is 1. The lowest BCUT2D eigenvalue weighted by molar-refractivity contribution is 0.0984. The van der Waals surface area contributed by atoms with Crippen LogP contribution in [0.15, 0.2) is 71.8 Å². The number of aromatic amines is 1. The second-order valence-electron chi connectivity index (χ2n) is 7.64. The number of anilines is 1. The van der Waals surface area contributed by atoms with Crippen LogP contribution >= 0.6 is 0 Å². The average Bonchev–Trinajstić information content (AvgIpc) is 2.73. The van der Waals surface area contributed by atoms with Gasteiger partial charge in [0.25, 0.3) is 11.5 Å². The summed E-state index contributed by atoms with van der Waals surface area (Å²) in [4.78, 5) is 34.9. The normalized spacial score (nSPS) is 10.9. The number of H-pyrrole nitrogens is 1. The molecule has 0 saturated heterocycles. The van der Waals surface area contributed by atoms with Gasteiger partial charge >= 0.3 is 0 Å². The first kappa shape index (κ1) is 19.6. The van der Waals surface area contributed by atoms with Gasteiger partial charge in [0, 0.05) is 29.2 Å². The molecule has 0 atom stereocenters. The number of amides is 1. The van der Waals surface area contributed by atoms with E-state index >= 15 is 0 Å². The highest BCUT2D eigenvalue weighted by molar-refractivity contribution is 6.06. The molecule has 4 rings (SSSR count). The summed E-state index contributed by atoms with van der Waals surface area (Å²) in [5.41, 5.74) is 5.55. The fourth-order valence-electron chi connectivity index (χ4n) is 3.67. The fraction of sp³-hybridized carbons (Fsp3) is 0.160. The molecule has 30 heavy (non-hydrogen) atoms. The van der Waals surface area contributed by atoms with E-state index in [2.05, 4.69) is 9.97 Å². The van der Waals surface area contributed by atoms with Crippen LogP contribution in [0.1, 0.15) is 32.6 Å². The van der Waals surface area contributed by atoms with E-state index in [4.69, 9.17) is 0 Å². The van der Waals surface area contributed by atoms with Gasteiger partial charge in [0.15, 0.2) is 0 Å². The molecule has 1 N–H and O–H groups in total. The standard InChI is InChI=1S/C25H23N3O2/c1-16-7-9-23(18(3)11-16)28(25(30)20-5-4-10-26-14-20)15-21-13-19-8-6-17(2)12-22(19)27-24(21)29/h4-14H,15H2,1-3H3,(H,27,29). The van der Waals surface area contributed by atoms with Crippen molar-refractivity contribution in [1.82, 2.24) is 9.97 Å². The van der Waals surface area contributed by atoms with Crippen molar-refractivity contribution in [3.05, 3.63) is 105 Å². The number of carbonyl (C=O) groups excluding carboxylic acids is 1. The van der Waals surface area contributed by atoms with Crippen molar-refractivity contribution < 1.29 is 4.79 Å². The van der Waals surface area contributed by atoms with Crippen LogP contribution in [-0.2, 0) is 6.54 Å². The Morgan fingerprint density at radius 3 is 2.50 bits per heavy atom. The van der Waals surface area contributed by atoms with Crippen LogP contribution in [0.2, 0.25) is 0 Å². The maximum absolute atomic E-state index is 13.4. The summed E-state index contributed by atoms with van der Waals surface area (Å²) in [5.74, 6) is -0.196. The van der Waals surface area contributed by atoms with Crippen LogP contribution in [0.5, 0.6) is 0 Å². The van der Waals surface area contributed by atoms with Gasteiger partial charge in [-0.15, -0.1) is 0 Å². The fourth-order valence-corrected chi connectivity index (χ4v) is 3.67. The SMILES string of the molecule is Cc1ccc(N(Cc2cc3ccc(C)cc3[nH]c2=O)C(=O)c2cccnc2)c(C)c1. The molecule has 1 amide bonds. The molecule has 0 bridgehead atoms. The van der Waals surface area contributed by atoms with Gasteiger partial charge in [0.2, 0.25) is 0 Å². The molecule has 5 nitrogen and oxygen atoms in total. The van der Waals surface area contributed by atoms with E-state index in [0.717, 1.165) is 33.3 Å². The second-order valence-corrected chi connectivity index (χ2v) is 7.64. The average molecular weight is 397 g/mol. The molecule has 2 aromatic heterocycles. The monoisotopic (exact) mass is 397 g/mol. The van der Waals surface area contributed by atoms with Gasteiger partial charge in [-0.05, 0) is 67.6 Å². The molecule has 0 aliphatic heterocycles. The summed E-state index contributed by atoms with van der Waals surface area (Å²) in [7, 11) is 0. The Morgan fingerprint density at radius 2 is 1.77 bits per heavy atom. The third-order valence-corrected chi connectivity index (χ3v) is 5.20. The minimum absolute atomic E-state index is 0.163. The quantitative estimate of drug-likeness (QED) is 0.543. The van der Waals surface area contributed by atoms with E-state index in [1.807, 2.05) is 63.2 Å². The number of benzene rings is 2. The summed E-state index contributed by atoms with van der Waals surface area (Å²) in [6, 6.07) is 17.2. The Kier molecular flexibility index (Phi) is 5.19. The third kappa shape index (κ3) is 3.87. The van der Waals surface area contributed by atoms with Crippen molar-refractivity contribution in [2.75, 3.05) is 4.90 Å². The van der Waals surface area contributed by atoms with Crippen molar-refractivity contribution >= 4 is 22.5 Å². The van der Waals surface area contributed by atoms with Crippen molar-refractivity contribution in [3.63, 3.8) is 0 Å². The van der Waals surface area contributed by atoms with Crippen LogP contribution in [0.4, 0.5) is 5.69 Å². The van der Waals surface area contributed by atoms with Gasteiger partial charge in [-0.3, -0.25) is 14.6 Å². The highest BCUT2D eigenvalue weighted by Gasteiger charge is 2.21. The Labute approximate surface area is 175 Å². The molecule has 0 saturated carbocycles. The maximum atomic E-state index is 13.4. The molecule has 0 spiro atoms. The molecule has 150 valence electrons. The first-order valence-corrected chi connectivity index (χ1v) is 9.84. The summed E-state index contributed by atoms with van der Waals surface area (Å²) >= 11 is 0. The Balaban J connectivity index is 1.81. The van der Waals surface area contributed by atoms with Gasteiger partial charge in [-0.2, -0.15) is 0 Å². The molecule has 4 aromatic rings. The summed E-state index contributed by atoms with van der Waals surface area (Å²) in [6.45, 7) is 6.14. The van der Waals surface area contributed by atoms with Gasteiger partial charge in [0.1, 0.15) is 0 Å². The first-order valence-electron chi connectivity index (χ1n) is 9.84. The molecule has 2 aromatic carbocycles. The maximum Gasteiger partial charge on any atom is 0.260 e. The van der Waals surface area contributed by atoms with Crippen LogP contribution in [0.25, 0.3) is 10.9 Å². The molecule has 0 aliphatic carbocycles. The highest BCUT2D eigenvalue weighted by Crippen LogP contribution is 2.25. The number of aryl methyl sites for hydroxylation is 3. The molecule has 2 heterocycles. The number of nitrogens with zero attached hydrogens (tertiary/aromatic N) is 2. The second kappa shape index (κ2) is 7.95. The minimum Gasteiger partial charge on any atom is -0.322 e. The molecule has 0 radical (unpaired) electrons. The van der Waals surface area contributed by atoms with E-state index in [1.54, 1.807) is 29.4 Å². The Hall–Kier alpha value is -3.73. The number of rotatable bonds is 4. The van der Waals surface area contributed by atoms with Crippen LogP contribution < -0.4 is 10.5 Å². The van der Waals surface area contributed by atoms with Gasteiger partial charge < -0.3 is 9.88 Å². The smallest absolute Gasteiger partial charge is 0.260 e. The van der Waals surface area contributed by atoms with E-state index in [-0.39, 0.29) is 18.0 Å². The van der Waals surface area contributed by atoms with Gasteiger partial charge in [0.05, 0.1) is 12.1 Å². The molecular weight excluding hydrogens is 374 g/mol. The zero-order valence-electron chi connectivity index (χ0n) is 17.3. The number of pyridine rings is 2. The van der Waals surface area contributed by atoms with Gasteiger partial charge in [-0.25, -0.2) is 0 Å². The van der Waals surface area contributed by atoms with E-state index in [9.17, 15) is 9.59 Å². The number of nitrogens with one attached hydrogen (secondary N) is 1. The van der Waals surface area contributed by atoms with Crippen molar-refractivity contribution in [3.8, 4) is 0 Å². The summed E-state index contributed by atoms with van der Waals surface area (Å²) in [5, 5.41) is 0.935. The topological polar surface area (TPSA) is 66.1 Å². The van der Waals surface area contributed by atoms with Crippen molar-refractivity contribution in [2.24, 2.45) is 0 Å². The first-order chi connectivity index (χ1) is 14.4. The zero-order chi connectivity index (χ0) is 21.3. The third-order valence-electron chi connectivity index (χ3n) is 5.20. The van der Waals surface area contributed by atoms with E-state index in [0.29, 0.717) is 11.1 Å². The number of hydrogen-bond acceptors (Lipinski definition) is 3. The van der Waals surface area contributed by atoms with Gasteiger partial charge in [-0.1, -0.05) is 29.8 Å². The minimum atomic E-state index is -0.196. The predicted octanol–water partition coefficient (Wildman–Crippen LogP) is 4.70.